The van der Waals surface area contributed by atoms with Crippen molar-refractivity contribution in [1.82, 2.24) is 0 Å². The molecule has 2 aromatic rings. The summed E-state index contributed by atoms with van der Waals surface area (Å²) in [6.45, 7) is 1.66. The highest BCUT2D eigenvalue weighted by Gasteiger charge is 2.44. The van der Waals surface area contributed by atoms with Gasteiger partial charge in [0.2, 0.25) is 0 Å². The molecule has 0 unspecified atom stereocenters. The van der Waals surface area contributed by atoms with Crippen LogP contribution in [0.25, 0.3) is 0 Å². The molecule has 0 aliphatic carbocycles. The van der Waals surface area contributed by atoms with Crippen LogP contribution in [0.15, 0.2) is 59.5 Å². The van der Waals surface area contributed by atoms with Gasteiger partial charge in [-0.1, -0.05) is 35.9 Å². The second kappa shape index (κ2) is 8.38. The van der Waals surface area contributed by atoms with Gasteiger partial charge in [-0.2, -0.15) is 8.42 Å². The number of esters is 1. The molecule has 0 saturated carbocycles. The lowest BCUT2D eigenvalue weighted by molar-refractivity contribution is -0.220. The summed E-state index contributed by atoms with van der Waals surface area (Å²) >= 11 is 0. The Bertz CT molecular complexity index is 915. The van der Waals surface area contributed by atoms with E-state index in [2.05, 4.69) is 0 Å². The number of ether oxygens (including phenoxy) is 2. The monoisotopic (exact) mass is 407 g/mol. The number of aliphatic hydroxyl groups is 1. The first-order valence-corrected chi connectivity index (χ1v) is 10.00. The normalized spacial score (nSPS) is 25.2. The van der Waals surface area contributed by atoms with Crippen molar-refractivity contribution in [3.05, 3.63) is 65.7 Å². The molecular weight excluding hydrogens is 386 g/mol. The molecule has 3 rings (SSSR count). The van der Waals surface area contributed by atoms with E-state index in [0.717, 1.165) is 5.56 Å². The van der Waals surface area contributed by atoms with E-state index in [1.54, 1.807) is 30.3 Å². The number of nitrogens with two attached hydrogens (primary N) is 1. The van der Waals surface area contributed by atoms with Crippen LogP contribution in [0.5, 0.6) is 0 Å². The zero-order chi connectivity index (χ0) is 20.3. The molecule has 1 saturated heterocycles. The number of rotatable bonds is 5. The first-order chi connectivity index (χ1) is 13.3. The predicted octanol–water partition coefficient (Wildman–Crippen LogP) is 0.970. The molecule has 1 aliphatic heterocycles. The van der Waals surface area contributed by atoms with Gasteiger partial charge in [-0.25, -0.2) is 4.79 Å². The first kappa shape index (κ1) is 20.4. The van der Waals surface area contributed by atoms with Crippen molar-refractivity contribution in [1.29, 1.82) is 0 Å². The SMILES string of the molecule is Cc1ccc(S(=O)(=O)O[C@H]2[C@@H](OC(=O)c3ccccc3)[C@@H](O)OC[C@@H]2N)cc1. The predicted molar refractivity (Wildman–Crippen MR) is 98.8 cm³/mol. The van der Waals surface area contributed by atoms with Gasteiger partial charge >= 0.3 is 5.97 Å². The van der Waals surface area contributed by atoms with Crippen molar-refractivity contribution in [2.75, 3.05) is 6.61 Å². The zero-order valence-corrected chi connectivity index (χ0v) is 15.9. The fourth-order valence-electron chi connectivity index (χ4n) is 2.73. The van der Waals surface area contributed by atoms with Crippen LogP contribution in [0.2, 0.25) is 0 Å². The fraction of sp³-hybridized carbons (Fsp3) is 0.316. The minimum atomic E-state index is -4.20. The average molecular weight is 407 g/mol. The van der Waals surface area contributed by atoms with E-state index in [0.29, 0.717) is 0 Å². The van der Waals surface area contributed by atoms with Crippen molar-refractivity contribution in [3.8, 4) is 0 Å². The standard InChI is InChI=1S/C19H21NO7S/c1-12-7-9-14(10-8-12)28(23,24)27-16-15(20)11-25-19(22)17(16)26-18(21)13-5-3-2-4-6-13/h2-10,15-17,19,22H,11,20H2,1H3/t15-,16+,17+,19-/m0/s1. The molecule has 3 N–H and O–H groups in total. The smallest absolute Gasteiger partial charge is 0.338 e. The van der Waals surface area contributed by atoms with Gasteiger partial charge in [-0.05, 0) is 31.2 Å². The lowest BCUT2D eigenvalue weighted by atomic mass is 10.0. The van der Waals surface area contributed by atoms with Crippen molar-refractivity contribution in [2.45, 2.75) is 36.4 Å². The maximum Gasteiger partial charge on any atom is 0.338 e. The van der Waals surface area contributed by atoms with Gasteiger partial charge in [0.1, 0.15) is 6.10 Å². The van der Waals surface area contributed by atoms with Crippen LogP contribution < -0.4 is 5.73 Å². The molecule has 0 spiro atoms. The Kier molecular flexibility index (Phi) is 6.11. The third kappa shape index (κ3) is 4.57. The average Bonchev–Trinajstić information content (AvgIpc) is 2.68. The maximum atomic E-state index is 12.6. The lowest BCUT2D eigenvalue weighted by Gasteiger charge is -2.37. The number of carbonyl (C=O) groups excluding carboxylic acids is 1. The van der Waals surface area contributed by atoms with Crippen LogP contribution >= 0.6 is 0 Å². The summed E-state index contributed by atoms with van der Waals surface area (Å²) in [6, 6.07) is 13.2. The second-order valence-electron chi connectivity index (χ2n) is 6.45. The summed E-state index contributed by atoms with van der Waals surface area (Å²) in [7, 11) is -4.20. The lowest BCUT2D eigenvalue weighted by Crippen LogP contribution is -2.59. The molecule has 0 aromatic heterocycles. The highest BCUT2D eigenvalue weighted by molar-refractivity contribution is 7.86. The van der Waals surface area contributed by atoms with Crippen LogP contribution in [0.3, 0.4) is 0 Å². The van der Waals surface area contributed by atoms with Crippen molar-refractivity contribution in [2.24, 2.45) is 5.73 Å². The summed E-state index contributed by atoms with van der Waals surface area (Å²) in [4.78, 5) is 12.3. The Morgan fingerprint density at radius 2 is 1.75 bits per heavy atom. The third-order valence-electron chi connectivity index (χ3n) is 4.29. The van der Waals surface area contributed by atoms with Gasteiger partial charge in [0, 0.05) is 0 Å². The van der Waals surface area contributed by atoms with Crippen LogP contribution in [0.1, 0.15) is 15.9 Å². The second-order valence-corrected chi connectivity index (χ2v) is 8.02. The largest absolute Gasteiger partial charge is 0.450 e. The quantitative estimate of drug-likeness (QED) is 0.555. The van der Waals surface area contributed by atoms with E-state index >= 15 is 0 Å². The number of hydrogen-bond acceptors (Lipinski definition) is 8. The summed E-state index contributed by atoms with van der Waals surface area (Å²) in [5.41, 5.74) is 7.05. The molecule has 150 valence electrons. The Balaban J connectivity index is 1.83. The summed E-state index contributed by atoms with van der Waals surface area (Å²) in [5, 5.41) is 10.1. The van der Waals surface area contributed by atoms with Gasteiger partial charge < -0.3 is 20.3 Å². The number of carbonyl (C=O) groups is 1. The Hall–Kier alpha value is -2.30. The third-order valence-corrected chi connectivity index (χ3v) is 5.61. The molecule has 0 amide bonds. The molecule has 0 radical (unpaired) electrons. The van der Waals surface area contributed by atoms with E-state index in [1.165, 1.54) is 24.3 Å². The Labute approximate surface area is 163 Å². The summed E-state index contributed by atoms with van der Waals surface area (Å²) < 4.78 is 40.9. The van der Waals surface area contributed by atoms with E-state index in [9.17, 15) is 18.3 Å². The Morgan fingerprint density at radius 1 is 1.11 bits per heavy atom. The van der Waals surface area contributed by atoms with E-state index in [4.69, 9.17) is 19.4 Å². The van der Waals surface area contributed by atoms with E-state index in [1.807, 2.05) is 6.92 Å². The maximum absolute atomic E-state index is 12.6. The van der Waals surface area contributed by atoms with Crippen LogP contribution in [-0.2, 0) is 23.8 Å². The molecule has 9 heteroatoms. The summed E-state index contributed by atoms with van der Waals surface area (Å²) in [5.74, 6) is -0.760. The molecule has 2 aromatic carbocycles. The number of benzene rings is 2. The van der Waals surface area contributed by atoms with Gasteiger partial charge in [-0.15, -0.1) is 0 Å². The zero-order valence-electron chi connectivity index (χ0n) is 15.1. The Morgan fingerprint density at radius 3 is 2.39 bits per heavy atom. The molecule has 0 bridgehead atoms. The van der Waals surface area contributed by atoms with Gasteiger partial charge in [0.05, 0.1) is 23.1 Å². The molecule has 8 nitrogen and oxygen atoms in total. The molecule has 1 heterocycles. The van der Waals surface area contributed by atoms with Gasteiger partial charge in [0.15, 0.2) is 12.4 Å². The molecule has 1 fully saturated rings. The minimum absolute atomic E-state index is 0.0700. The van der Waals surface area contributed by atoms with Crippen LogP contribution in [0.4, 0.5) is 0 Å². The fourth-order valence-corrected chi connectivity index (χ4v) is 3.85. The first-order valence-electron chi connectivity index (χ1n) is 8.59. The highest BCUT2D eigenvalue weighted by Crippen LogP contribution is 2.25. The van der Waals surface area contributed by atoms with Gasteiger partial charge in [0.25, 0.3) is 10.1 Å². The van der Waals surface area contributed by atoms with Crippen molar-refractivity contribution < 1.29 is 32.0 Å². The molecule has 28 heavy (non-hydrogen) atoms. The van der Waals surface area contributed by atoms with E-state index in [-0.39, 0.29) is 17.1 Å². The number of aliphatic hydroxyl groups excluding tert-OH is 1. The number of hydrogen-bond donors (Lipinski definition) is 2. The van der Waals surface area contributed by atoms with Crippen molar-refractivity contribution >= 4 is 16.1 Å². The molecule has 4 atom stereocenters. The minimum Gasteiger partial charge on any atom is -0.450 e. The molecule has 1 aliphatic rings. The van der Waals surface area contributed by atoms with Gasteiger partial charge in [-0.3, -0.25) is 4.18 Å². The van der Waals surface area contributed by atoms with Crippen molar-refractivity contribution in [3.63, 3.8) is 0 Å². The highest BCUT2D eigenvalue weighted by atomic mass is 32.2. The molecular formula is C19H21NO7S. The van der Waals surface area contributed by atoms with Crippen LogP contribution in [0, 0.1) is 6.92 Å². The van der Waals surface area contributed by atoms with E-state index < -0.39 is 40.6 Å². The number of aryl methyl sites for hydroxylation is 1. The summed E-state index contributed by atoms with van der Waals surface area (Å²) in [6.07, 6.45) is -4.31. The van der Waals surface area contributed by atoms with Crippen LogP contribution in [-0.4, -0.2) is 50.6 Å². The topological polar surface area (TPSA) is 125 Å².